The van der Waals surface area contributed by atoms with E-state index in [4.69, 9.17) is 9.47 Å². The topological polar surface area (TPSA) is 63.7 Å². The van der Waals surface area contributed by atoms with Gasteiger partial charge in [0, 0.05) is 19.2 Å². The van der Waals surface area contributed by atoms with Gasteiger partial charge in [-0.1, -0.05) is 6.92 Å². The number of nitrogens with zero attached hydrogens (tertiary/aromatic N) is 2. The first-order valence-corrected chi connectivity index (χ1v) is 8.85. The zero-order valence-electron chi connectivity index (χ0n) is 15.5. The zero-order chi connectivity index (χ0) is 18.5. The smallest absolute Gasteiger partial charge is 0.272 e. The van der Waals surface area contributed by atoms with E-state index in [1.165, 1.54) is 0 Å². The lowest BCUT2D eigenvalue weighted by Gasteiger charge is -2.30. The molecule has 1 fully saturated rings. The number of methoxy groups -OCH3 is 2. The summed E-state index contributed by atoms with van der Waals surface area (Å²) in [6.07, 6.45) is 3.78. The highest BCUT2D eigenvalue weighted by Gasteiger charge is 2.22. The molecule has 0 atom stereocenters. The third kappa shape index (κ3) is 4.07. The number of carbonyl (C=O) groups is 1. The van der Waals surface area contributed by atoms with Gasteiger partial charge in [0.15, 0.2) is 0 Å². The summed E-state index contributed by atoms with van der Waals surface area (Å²) in [7, 11) is 3.24. The fraction of sp³-hybridized carbons (Fsp3) is 0.400. The second-order valence-electron chi connectivity index (χ2n) is 6.60. The van der Waals surface area contributed by atoms with E-state index in [-0.39, 0.29) is 5.91 Å². The minimum atomic E-state index is 0.00223. The van der Waals surface area contributed by atoms with Gasteiger partial charge in [-0.05, 0) is 43.0 Å². The molecule has 2 aromatic rings. The molecule has 138 valence electrons. The Morgan fingerprint density at radius 3 is 2.54 bits per heavy atom. The number of anilines is 2. The lowest BCUT2D eigenvalue weighted by Crippen LogP contribution is -2.38. The highest BCUT2D eigenvalue weighted by Crippen LogP contribution is 2.31. The number of benzene rings is 1. The predicted octanol–water partition coefficient (Wildman–Crippen LogP) is 3.71. The number of hydrogen-bond donors (Lipinski definition) is 1. The van der Waals surface area contributed by atoms with Gasteiger partial charge in [0.2, 0.25) is 0 Å². The maximum Gasteiger partial charge on any atom is 0.272 e. The van der Waals surface area contributed by atoms with Crippen LogP contribution in [0.1, 0.15) is 30.3 Å². The van der Waals surface area contributed by atoms with Gasteiger partial charge in [0.25, 0.3) is 5.91 Å². The van der Waals surface area contributed by atoms with Crippen molar-refractivity contribution in [2.45, 2.75) is 19.8 Å². The fourth-order valence-corrected chi connectivity index (χ4v) is 3.04. The van der Waals surface area contributed by atoms with Crippen LogP contribution in [0, 0.1) is 5.92 Å². The van der Waals surface area contributed by atoms with Crippen molar-refractivity contribution in [1.29, 1.82) is 0 Å². The molecule has 2 heterocycles. The summed E-state index contributed by atoms with van der Waals surface area (Å²) in [5.74, 6) is 2.12. The van der Waals surface area contributed by atoms with Crippen LogP contribution in [-0.2, 0) is 0 Å². The molecule has 1 aliphatic rings. The first-order valence-electron chi connectivity index (χ1n) is 8.85. The minimum absolute atomic E-state index is 0.00223. The molecule has 1 aliphatic heterocycles. The van der Waals surface area contributed by atoms with Crippen molar-refractivity contribution in [3.8, 4) is 11.5 Å². The summed E-state index contributed by atoms with van der Waals surface area (Å²) < 4.78 is 10.6. The molecule has 1 aromatic carbocycles. The molecule has 0 aliphatic carbocycles. The molecular formula is C20H25N3O3. The van der Waals surface area contributed by atoms with Gasteiger partial charge in [-0.3, -0.25) is 4.79 Å². The molecule has 0 unspecified atom stereocenters. The summed E-state index contributed by atoms with van der Waals surface area (Å²) in [6.45, 7) is 3.85. The third-order valence-electron chi connectivity index (χ3n) is 4.74. The molecular weight excluding hydrogens is 330 g/mol. The molecule has 1 aromatic heterocycles. The molecule has 1 saturated heterocycles. The van der Waals surface area contributed by atoms with Gasteiger partial charge in [0.1, 0.15) is 17.2 Å². The van der Waals surface area contributed by atoms with Crippen LogP contribution in [0.2, 0.25) is 0 Å². The Labute approximate surface area is 154 Å². The van der Waals surface area contributed by atoms with Gasteiger partial charge in [-0.25, -0.2) is 4.98 Å². The van der Waals surface area contributed by atoms with E-state index in [0.29, 0.717) is 17.4 Å². The number of ether oxygens (including phenoxy) is 2. The van der Waals surface area contributed by atoms with Crippen molar-refractivity contribution >= 4 is 17.3 Å². The van der Waals surface area contributed by atoms with Crippen LogP contribution < -0.4 is 14.8 Å². The average molecular weight is 355 g/mol. The number of amides is 1. The van der Waals surface area contributed by atoms with Gasteiger partial charge in [0.05, 0.1) is 31.8 Å². The van der Waals surface area contributed by atoms with Crippen LogP contribution in [0.5, 0.6) is 11.5 Å². The summed E-state index contributed by atoms with van der Waals surface area (Å²) in [5.41, 5.74) is 2.03. The second kappa shape index (κ2) is 8.08. The Hall–Kier alpha value is -2.76. The zero-order valence-corrected chi connectivity index (χ0v) is 15.5. The standard InChI is InChI=1S/C20H25N3O3/c1-14-8-10-23(11-9-14)20(24)17-6-4-15(13-21-17)22-18-12-16(25-2)5-7-19(18)26-3/h4-7,12-14,22H,8-11H2,1-3H3. The van der Waals surface area contributed by atoms with Crippen molar-refractivity contribution in [1.82, 2.24) is 9.88 Å². The van der Waals surface area contributed by atoms with Gasteiger partial charge < -0.3 is 19.7 Å². The van der Waals surface area contributed by atoms with E-state index in [1.807, 2.05) is 29.2 Å². The number of carbonyl (C=O) groups excluding carboxylic acids is 1. The molecule has 1 N–H and O–H groups in total. The van der Waals surface area contributed by atoms with Crippen molar-refractivity contribution in [2.24, 2.45) is 5.92 Å². The normalized spacial score (nSPS) is 14.8. The third-order valence-corrected chi connectivity index (χ3v) is 4.74. The molecule has 6 nitrogen and oxygen atoms in total. The number of pyridine rings is 1. The van der Waals surface area contributed by atoms with Crippen molar-refractivity contribution in [2.75, 3.05) is 32.6 Å². The Bertz CT molecular complexity index is 753. The SMILES string of the molecule is COc1ccc(OC)c(Nc2ccc(C(=O)N3CCC(C)CC3)nc2)c1. The van der Waals surface area contributed by atoms with Crippen molar-refractivity contribution in [3.05, 3.63) is 42.2 Å². The average Bonchev–Trinajstić information content (AvgIpc) is 2.68. The molecule has 0 bridgehead atoms. The lowest BCUT2D eigenvalue weighted by atomic mass is 9.99. The number of rotatable bonds is 5. The molecule has 0 spiro atoms. The number of piperidine rings is 1. The van der Waals surface area contributed by atoms with E-state index in [1.54, 1.807) is 26.5 Å². The molecule has 1 amide bonds. The second-order valence-corrected chi connectivity index (χ2v) is 6.60. The highest BCUT2D eigenvalue weighted by atomic mass is 16.5. The van der Waals surface area contributed by atoms with Gasteiger partial charge >= 0.3 is 0 Å². The quantitative estimate of drug-likeness (QED) is 0.886. The predicted molar refractivity (Wildman–Crippen MR) is 101 cm³/mol. The van der Waals surface area contributed by atoms with E-state index in [0.717, 1.165) is 43.1 Å². The van der Waals surface area contributed by atoms with Gasteiger partial charge in [-0.15, -0.1) is 0 Å². The summed E-state index contributed by atoms with van der Waals surface area (Å²) in [5, 5.41) is 3.26. The molecule has 26 heavy (non-hydrogen) atoms. The Kier molecular flexibility index (Phi) is 5.61. The maximum absolute atomic E-state index is 12.6. The molecule has 0 saturated carbocycles. The minimum Gasteiger partial charge on any atom is -0.497 e. The molecule has 6 heteroatoms. The van der Waals surface area contributed by atoms with Crippen LogP contribution in [0.25, 0.3) is 0 Å². The first kappa shape index (κ1) is 18.0. The Morgan fingerprint density at radius 2 is 1.92 bits per heavy atom. The number of hydrogen-bond acceptors (Lipinski definition) is 5. The lowest BCUT2D eigenvalue weighted by molar-refractivity contribution is 0.0691. The van der Waals surface area contributed by atoms with Crippen LogP contribution in [0.4, 0.5) is 11.4 Å². The fourth-order valence-electron chi connectivity index (χ4n) is 3.04. The van der Waals surface area contributed by atoms with Crippen LogP contribution in [-0.4, -0.2) is 43.1 Å². The molecule has 0 radical (unpaired) electrons. The van der Waals surface area contributed by atoms with E-state index < -0.39 is 0 Å². The first-order chi connectivity index (χ1) is 12.6. The summed E-state index contributed by atoms with van der Waals surface area (Å²) in [6, 6.07) is 9.14. The van der Waals surface area contributed by atoms with Gasteiger partial charge in [-0.2, -0.15) is 0 Å². The van der Waals surface area contributed by atoms with E-state index in [9.17, 15) is 4.79 Å². The Morgan fingerprint density at radius 1 is 1.15 bits per heavy atom. The van der Waals surface area contributed by atoms with Crippen molar-refractivity contribution in [3.63, 3.8) is 0 Å². The Balaban J connectivity index is 1.71. The van der Waals surface area contributed by atoms with Crippen molar-refractivity contribution < 1.29 is 14.3 Å². The number of likely N-dealkylation sites (tertiary alicyclic amines) is 1. The number of aromatic nitrogens is 1. The maximum atomic E-state index is 12.6. The highest BCUT2D eigenvalue weighted by molar-refractivity contribution is 5.92. The molecule has 3 rings (SSSR count). The van der Waals surface area contributed by atoms with Crippen LogP contribution in [0.15, 0.2) is 36.5 Å². The van der Waals surface area contributed by atoms with Crippen LogP contribution >= 0.6 is 0 Å². The van der Waals surface area contributed by atoms with E-state index in [2.05, 4.69) is 17.2 Å². The largest absolute Gasteiger partial charge is 0.497 e. The number of nitrogens with one attached hydrogen (secondary N) is 1. The monoisotopic (exact) mass is 355 g/mol. The van der Waals surface area contributed by atoms with Crippen LogP contribution in [0.3, 0.4) is 0 Å². The van der Waals surface area contributed by atoms with E-state index >= 15 is 0 Å². The summed E-state index contributed by atoms with van der Waals surface area (Å²) in [4.78, 5) is 18.8. The summed E-state index contributed by atoms with van der Waals surface area (Å²) >= 11 is 0.